The zero-order valence-electron chi connectivity index (χ0n) is 11.1. The molecule has 1 unspecified atom stereocenters. The molecular weight excluding hydrogens is 222 g/mol. The van der Waals surface area contributed by atoms with E-state index >= 15 is 0 Å². The minimum atomic E-state index is -0.215. The van der Waals surface area contributed by atoms with Crippen molar-refractivity contribution in [2.75, 3.05) is 0 Å². The highest BCUT2D eigenvalue weighted by atomic mass is 14.8. The Morgan fingerprint density at radius 3 is 2.22 bits per heavy atom. The monoisotopic (exact) mass is 241 g/mol. The molecule has 0 bridgehead atoms. The lowest BCUT2D eigenvalue weighted by Crippen LogP contribution is -2.15. The van der Waals surface area contributed by atoms with Gasteiger partial charge in [0.1, 0.15) is 0 Å². The molecule has 1 aromatic carbocycles. The molecule has 0 saturated heterocycles. The Morgan fingerprint density at radius 1 is 1.06 bits per heavy atom. The van der Waals surface area contributed by atoms with Gasteiger partial charge >= 0.3 is 0 Å². The molecule has 94 valence electrons. The van der Waals surface area contributed by atoms with Crippen molar-refractivity contribution in [3.05, 3.63) is 59.7 Å². The molecule has 0 fully saturated rings. The lowest BCUT2D eigenvalue weighted by Gasteiger charge is -2.20. The molecule has 0 radical (unpaired) electrons. The SMILES string of the molecule is CC(C)(C)c1ccc(C(N)c2cnccn2)cc1. The van der Waals surface area contributed by atoms with E-state index in [-0.39, 0.29) is 11.5 Å². The van der Waals surface area contributed by atoms with Gasteiger partial charge in [-0.1, -0.05) is 45.0 Å². The van der Waals surface area contributed by atoms with Crippen LogP contribution in [0.2, 0.25) is 0 Å². The second kappa shape index (κ2) is 4.86. The summed E-state index contributed by atoms with van der Waals surface area (Å²) in [6.45, 7) is 6.60. The van der Waals surface area contributed by atoms with Gasteiger partial charge < -0.3 is 5.73 Å². The number of hydrogen-bond donors (Lipinski definition) is 1. The first-order valence-corrected chi connectivity index (χ1v) is 6.10. The third kappa shape index (κ3) is 2.74. The van der Waals surface area contributed by atoms with E-state index in [1.54, 1.807) is 18.6 Å². The summed E-state index contributed by atoms with van der Waals surface area (Å²) < 4.78 is 0. The van der Waals surface area contributed by atoms with Gasteiger partial charge in [0.25, 0.3) is 0 Å². The van der Waals surface area contributed by atoms with Crippen molar-refractivity contribution in [1.29, 1.82) is 0 Å². The Hall–Kier alpha value is -1.74. The first kappa shape index (κ1) is 12.7. The van der Waals surface area contributed by atoms with Gasteiger partial charge in [0.15, 0.2) is 0 Å². The van der Waals surface area contributed by atoms with Crippen molar-refractivity contribution in [2.45, 2.75) is 32.2 Å². The fourth-order valence-corrected chi connectivity index (χ4v) is 1.83. The number of hydrogen-bond acceptors (Lipinski definition) is 3. The lowest BCUT2D eigenvalue weighted by atomic mass is 9.86. The van der Waals surface area contributed by atoms with E-state index in [1.165, 1.54) is 5.56 Å². The van der Waals surface area contributed by atoms with Crippen molar-refractivity contribution < 1.29 is 0 Å². The van der Waals surface area contributed by atoms with Crippen molar-refractivity contribution in [1.82, 2.24) is 9.97 Å². The summed E-state index contributed by atoms with van der Waals surface area (Å²) in [5.41, 5.74) is 9.49. The van der Waals surface area contributed by atoms with Crippen LogP contribution in [0.25, 0.3) is 0 Å². The van der Waals surface area contributed by atoms with E-state index in [4.69, 9.17) is 5.73 Å². The quantitative estimate of drug-likeness (QED) is 0.879. The molecule has 0 aliphatic carbocycles. The highest BCUT2D eigenvalue weighted by Crippen LogP contribution is 2.24. The summed E-state index contributed by atoms with van der Waals surface area (Å²) in [5.74, 6) is 0. The zero-order chi connectivity index (χ0) is 13.2. The molecule has 0 aliphatic heterocycles. The molecule has 18 heavy (non-hydrogen) atoms. The molecule has 1 heterocycles. The number of nitrogens with two attached hydrogens (primary N) is 1. The minimum Gasteiger partial charge on any atom is -0.319 e. The van der Waals surface area contributed by atoms with Crippen molar-refractivity contribution in [2.24, 2.45) is 5.73 Å². The van der Waals surface area contributed by atoms with Crippen LogP contribution in [0.5, 0.6) is 0 Å². The summed E-state index contributed by atoms with van der Waals surface area (Å²) in [4.78, 5) is 8.28. The van der Waals surface area contributed by atoms with Crippen LogP contribution in [0.3, 0.4) is 0 Å². The summed E-state index contributed by atoms with van der Waals surface area (Å²) in [6, 6.07) is 8.18. The van der Waals surface area contributed by atoms with E-state index in [1.807, 2.05) is 0 Å². The van der Waals surface area contributed by atoms with Crippen LogP contribution in [0, 0.1) is 0 Å². The third-order valence-electron chi connectivity index (χ3n) is 3.04. The third-order valence-corrected chi connectivity index (χ3v) is 3.04. The first-order chi connectivity index (χ1) is 8.48. The van der Waals surface area contributed by atoms with E-state index in [2.05, 4.69) is 55.0 Å². The molecule has 0 spiro atoms. The second-order valence-electron chi connectivity index (χ2n) is 5.48. The molecule has 0 aliphatic rings. The predicted octanol–water partition coefficient (Wildman–Crippen LogP) is 2.82. The molecule has 2 N–H and O–H groups in total. The molecule has 2 aromatic rings. The second-order valence-corrected chi connectivity index (χ2v) is 5.48. The van der Waals surface area contributed by atoms with Gasteiger partial charge in [0.05, 0.1) is 17.9 Å². The van der Waals surface area contributed by atoms with Crippen LogP contribution in [0.15, 0.2) is 42.9 Å². The van der Waals surface area contributed by atoms with Gasteiger partial charge in [-0.3, -0.25) is 9.97 Å². The Bertz CT molecular complexity index is 498. The van der Waals surface area contributed by atoms with Gasteiger partial charge in [-0.2, -0.15) is 0 Å². The van der Waals surface area contributed by atoms with Crippen LogP contribution in [0.1, 0.15) is 43.6 Å². The fraction of sp³-hybridized carbons (Fsp3) is 0.333. The van der Waals surface area contributed by atoms with Gasteiger partial charge in [0, 0.05) is 12.4 Å². The maximum absolute atomic E-state index is 6.17. The number of rotatable bonds is 2. The topological polar surface area (TPSA) is 51.8 Å². The summed E-state index contributed by atoms with van der Waals surface area (Å²) in [5, 5.41) is 0. The molecule has 0 saturated carbocycles. The molecular formula is C15H19N3. The van der Waals surface area contributed by atoms with Crippen LogP contribution in [-0.2, 0) is 5.41 Å². The molecule has 1 atom stereocenters. The van der Waals surface area contributed by atoms with Crippen LogP contribution in [-0.4, -0.2) is 9.97 Å². The lowest BCUT2D eigenvalue weighted by molar-refractivity contribution is 0.589. The van der Waals surface area contributed by atoms with Crippen molar-refractivity contribution in [3.8, 4) is 0 Å². The maximum atomic E-state index is 6.17. The molecule has 2 rings (SSSR count). The van der Waals surface area contributed by atoms with Gasteiger partial charge in [0.2, 0.25) is 0 Å². The standard InChI is InChI=1S/C15H19N3/c1-15(2,3)12-6-4-11(5-7-12)14(16)13-10-17-8-9-18-13/h4-10,14H,16H2,1-3H3. The van der Waals surface area contributed by atoms with E-state index < -0.39 is 0 Å². The Kier molecular flexibility index (Phi) is 3.43. The normalized spacial score (nSPS) is 13.3. The summed E-state index contributed by atoms with van der Waals surface area (Å²) in [7, 11) is 0. The van der Waals surface area contributed by atoms with Gasteiger partial charge in [-0.25, -0.2) is 0 Å². The highest BCUT2D eigenvalue weighted by molar-refractivity contribution is 5.32. The smallest absolute Gasteiger partial charge is 0.0799 e. The Morgan fingerprint density at radius 2 is 1.72 bits per heavy atom. The fourth-order valence-electron chi connectivity index (χ4n) is 1.83. The summed E-state index contributed by atoms with van der Waals surface area (Å²) in [6.07, 6.45) is 5.03. The minimum absolute atomic E-state index is 0.162. The number of aromatic nitrogens is 2. The van der Waals surface area contributed by atoms with Crippen molar-refractivity contribution in [3.63, 3.8) is 0 Å². The van der Waals surface area contributed by atoms with Gasteiger partial charge in [-0.15, -0.1) is 0 Å². The van der Waals surface area contributed by atoms with Crippen molar-refractivity contribution >= 4 is 0 Å². The summed E-state index contributed by atoms with van der Waals surface area (Å²) >= 11 is 0. The average molecular weight is 241 g/mol. The van der Waals surface area contributed by atoms with Crippen LogP contribution < -0.4 is 5.73 Å². The Labute approximate surface area is 108 Å². The van der Waals surface area contributed by atoms with Crippen LogP contribution >= 0.6 is 0 Å². The molecule has 0 amide bonds. The van der Waals surface area contributed by atoms with Crippen LogP contribution in [0.4, 0.5) is 0 Å². The maximum Gasteiger partial charge on any atom is 0.0799 e. The predicted molar refractivity (Wildman–Crippen MR) is 73.2 cm³/mol. The molecule has 3 heteroatoms. The largest absolute Gasteiger partial charge is 0.319 e. The molecule has 3 nitrogen and oxygen atoms in total. The first-order valence-electron chi connectivity index (χ1n) is 6.10. The van der Waals surface area contributed by atoms with Gasteiger partial charge in [-0.05, 0) is 16.5 Å². The Balaban J connectivity index is 2.25. The van der Waals surface area contributed by atoms with E-state index in [0.717, 1.165) is 11.3 Å². The average Bonchev–Trinajstić information content (AvgIpc) is 2.38. The van der Waals surface area contributed by atoms with E-state index in [0.29, 0.717) is 0 Å². The number of nitrogens with zero attached hydrogens (tertiary/aromatic N) is 2. The highest BCUT2D eigenvalue weighted by Gasteiger charge is 2.15. The number of benzene rings is 1. The zero-order valence-corrected chi connectivity index (χ0v) is 11.1. The molecule has 1 aromatic heterocycles. The van der Waals surface area contributed by atoms with E-state index in [9.17, 15) is 0 Å².